The molecule has 0 unspecified atom stereocenters. The van der Waals surface area contributed by atoms with Gasteiger partial charge in [-0.05, 0) is 111 Å². The normalized spacial score (nSPS) is 46.0. The number of rotatable bonds is 4. The van der Waals surface area contributed by atoms with E-state index in [1.165, 1.54) is 12.8 Å². The molecule has 1 N–H and O–H groups in total. The number of amides is 2. The maximum absolute atomic E-state index is 13.6. The third-order valence-corrected chi connectivity index (χ3v) is 17.6. The molecule has 9 rings (SSSR count). The van der Waals surface area contributed by atoms with E-state index in [1.54, 1.807) is 9.80 Å². The van der Waals surface area contributed by atoms with Crippen molar-refractivity contribution < 1.29 is 28.9 Å². The monoisotopic (exact) mass is 721 g/mol. The molecule has 2 spiro atoms. The van der Waals surface area contributed by atoms with Crippen molar-refractivity contribution in [2.24, 2.45) is 56.7 Å². The van der Waals surface area contributed by atoms with E-state index in [4.69, 9.17) is 14.2 Å². The Morgan fingerprint density at radius 1 is 0.923 bits per heavy atom. The SMILES string of the molecule is Cc1nnc2n1CCN(C(=O)O[C@H]1CC[C@]34C[C@]35CC[C@]3(C)[C@@H]6[C@H](O[C@@H]([C@H](OC(=O)N7CCC7)C(C)C)C[C@H]6C)[C@H](O)[C@@]3(C)[C@@H]5CC[C@H]4C1(C)C)C2. The van der Waals surface area contributed by atoms with Crippen molar-refractivity contribution in [2.45, 2.75) is 157 Å². The van der Waals surface area contributed by atoms with Crippen molar-refractivity contribution in [2.75, 3.05) is 19.6 Å². The zero-order valence-electron chi connectivity index (χ0n) is 32.9. The quantitative estimate of drug-likeness (QED) is 0.370. The Balaban J connectivity index is 0.931. The van der Waals surface area contributed by atoms with Crippen LogP contribution in [0.25, 0.3) is 0 Å². The number of ether oxygens (including phenoxy) is 3. The van der Waals surface area contributed by atoms with Crippen LogP contribution in [0.5, 0.6) is 0 Å². The fourth-order valence-corrected chi connectivity index (χ4v) is 14.7. The molecule has 7 fully saturated rings. The smallest absolute Gasteiger partial charge is 0.410 e. The predicted molar refractivity (Wildman–Crippen MR) is 193 cm³/mol. The van der Waals surface area contributed by atoms with E-state index in [-0.39, 0.29) is 75.5 Å². The number of fused-ring (bicyclic) bond motifs is 5. The summed E-state index contributed by atoms with van der Waals surface area (Å²) >= 11 is 0. The van der Waals surface area contributed by atoms with Gasteiger partial charge in [-0.25, -0.2) is 9.59 Å². The number of nitrogens with zero attached hydrogens (tertiary/aromatic N) is 5. The lowest BCUT2D eigenvalue weighted by Crippen LogP contribution is -2.60. The molecule has 288 valence electrons. The van der Waals surface area contributed by atoms with E-state index in [0.29, 0.717) is 37.4 Å². The van der Waals surface area contributed by atoms with Crippen LogP contribution in [-0.4, -0.2) is 92.0 Å². The zero-order valence-corrected chi connectivity index (χ0v) is 32.9. The molecule has 11 nitrogen and oxygen atoms in total. The third-order valence-electron chi connectivity index (χ3n) is 17.6. The lowest BCUT2D eigenvalue weighted by molar-refractivity contribution is -0.185. The van der Waals surface area contributed by atoms with E-state index in [2.05, 4.69) is 63.2 Å². The Kier molecular flexibility index (Phi) is 7.85. The minimum absolute atomic E-state index is 0.0326. The number of likely N-dealkylation sites (tertiary alicyclic amines) is 1. The van der Waals surface area contributed by atoms with Gasteiger partial charge in [0, 0.05) is 37.0 Å². The van der Waals surface area contributed by atoms with Crippen LogP contribution in [0.2, 0.25) is 0 Å². The summed E-state index contributed by atoms with van der Waals surface area (Å²) in [6.45, 7) is 21.5. The first kappa shape index (κ1) is 35.3. The second-order valence-corrected chi connectivity index (χ2v) is 20.1. The number of aliphatic hydroxyl groups excluding tert-OH is 1. The van der Waals surface area contributed by atoms with Crippen LogP contribution in [0.15, 0.2) is 0 Å². The van der Waals surface area contributed by atoms with Gasteiger partial charge in [0.05, 0.1) is 24.9 Å². The molecular formula is C41H63N5O6. The number of aliphatic hydroxyl groups is 1. The summed E-state index contributed by atoms with van der Waals surface area (Å²) in [6.07, 6.45) is 7.70. The minimum Gasteiger partial charge on any atom is -0.446 e. The summed E-state index contributed by atoms with van der Waals surface area (Å²) in [5, 5.41) is 21.2. The number of carbonyl (C=O) groups is 2. The summed E-state index contributed by atoms with van der Waals surface area (Å²) < 4.78 is 21.8. The van der Waals surface area contributed by atoms with Crippen molar-refractivity contribution in [3.05, 3.63) is 11.6 Å². The highest BCUT2D eigenvalue weighted by Crippen LogP contribution is 2.89. The molecular weight excluding hydrogens is 658 g/mol. The van der Waals surface area contributed by atoms with Crippen LogP contribution in [0, 0.1) is 63.6 Å². The van der Waals surface area contributed by atoms with Gasteiger partial charge in [0.1, 0.15) is 18.0 Å². The lowest BCUT2D eigenvalue weighted by atomic mass is 9.41. The van der Waals surface area contributed by atoms with Gasteiger partial charge >= 0.3 is 12.2 Å². The number of aryl methyl sites for hydroxylation is 1. The number of hydrogen-bond acceptors (Lipinski definition) is 8. The van der Waals surface area contributed by atoms with Crippen molar-refractivity contribution >= 4 is 12.2 Å². The van der Waals surface area contributed by atoms with Crippen LogP contribution in [0.3, 0.4) is 0 Å². The summed E-state index contributed by atoms with van der Waals surface area (Å²) in [4.78, 5) is 30.2. The third kappa shape index (κ3) is 4.50. The molecule has 5 saturated carbocycles. The largest absolute Gasteiger partial charge is 0.446 e. The molecule has 5 aliphatic carbocycles. The average Bonchev–Trinajstić information content (AvgIpc) is 3.54. The second kappa shape index (κ2) is 11.6. The molecule has 0 radical (unpaired) electrons. The first-order valence-corrected chi connectivity index (χ1v) is 20.7. The standard InChI is InChI=1S/C41H63N5O6/c1-23(2)32(52-35(48)44-16-9-17-44)26-20-24(3)31-33(50-26)34(47)39(8)28-11-10-27-37(5,6)29(12-13-40(27)22-41(28,40)15-14-38(31,39)7)51-36(49)45-18-19-46-25(4)42-43-30(46)21-45/h23-24,26-29,31-34,47H,9-22H2,1-8H3/t24-,26-,27+,28+,29+,31+,32-,33+,34+,38-,39-,40-,41+/m1/s1. The van der Waals surface area contributed by atoms with Gasteiger partial charge < -0.3 is 28.8 Å². The van der Waals surface area contributed by atoms with Gasteiger partial charge in [-0.1, -0.05) is 48.5 Å². The molecule has 2 amide bonds. The first-order chi connectivity index (χ1) is 24.6. The van der Waals surface area contributed by atoms with Crippen LogP contribution in [-0.2, 0) is 27.3 Å². The Labute approximate surface area is 309 Å². The highest BCUT2D eigenvalue weighted by molar-refractivity contribution is 5.69. The Bertz CT molecular complexity index is 1630. The molecule has 4 heterocycles. The molecule has 1 aromatic heterocycles. The average molecular weight is 722 g/mol. The van der Waals surface area contributed by atoms with Crippen LogP contribution < -0.4 is 0 Å². The van der Waals surface area contributed by atoms with Gasteiger partial charge in [0.25, 0.3) is 0 Å². The lowest BCUT2D eigenvalue weighted by Gasteiger charge is -2.63. The number of aromatic nitrogens is 3. The number of hydrogen-bond donors (Lipinski definition) is 1. The fourth-order valence-electron chi connectivity index (χ4n) is 14.7. The maximum atomic E-state index is 13.6. The van der Waals surface area contributed by atoms with E-state index >= 15 is 0 Å². The molecule has 8 aliphatic rings. The van der Waals surface area contributed by atoms with Crippen molar-refractivity contribution in [3.8, 4) is 0 Å². The Morgan fingerprint density at radius 2 is 1.65 bits per heavy atom. The Morgan fingerprint density at radius 3 is 2.37 bits per heavy atom. The second-order valence-electron chi connectivity index (χ2n) is 20.1. The van der Waals surface area contributed by atoms with Gasteiger partial charge in [-0.15, -0.1) is 10.2 Å². The summed E-state index contributed by atoms with van der Waals surface area (Å²) in [5.74, 6) is 3.38. The molecule has 2 saturated heterocycles. The molecule has 0 bridgehead atoms. The summed E-state index contributed by atoms with van der Waals surface area (Å²) in [5.41, 5.74) is 0.0239. The number of carbonyl (C=O) groups excluding carboxylic acids is 2. The van der Waals surface area contributed by atoms with Crippen molar-refractivity contribution in [1.82, 2.24) is 24.6 Å². The molecule has 1 aromatic rings. The van der Waals surface area contributed by atoms with Gasteiger partial charge in [0.2, 0.25) is 0 Å². The summed E-state index contributed by atoms with van der Waals surface area (Å²) in [7, 11) is 0. The maximum Gasteiger partial charge on any atom is 0.410 e. The van der Waals surface area contributed by atoms with Crippen molar-refractivity contribution in [1.29, 1.82) is 0 Å². The highest BCUT2D eigenvalue weighted by Gasteiger charge is 2.84. The first-order valence-electron chi connectivity index (χ1n) is 20.7. The molecule has 52 heavy (non-hydrogen) atoms. The Hall–Kier alpha value is -2.40. The summed E-state index contributed by atoms with van der Waals surface area (Å²) in [6, 6.07) is 0. The molecule has 13 atom stereocenters. The predicted octanol–water partition coefficient (Wildman–Crippen LogP) is 6.59. The van der Waals surface area contributed by atoms with Crippen LogP contribution >= 0.6 is 0 Å². The minimum atomic E-state index is -0.563. The molecule has 11 heteroatoms. The molecule has 0 aromatic carbocycles. The van der Waals surface area contributed by atoms with Crippen molar-refractivity contribution in [3.63, 3.8) is 0 Å². The van der Waals surface area contributed by atoms with E-state index in [1.807, 2.05) is 6.92 Å². The topological polar surface area (TPSA) is 119 Å². The zero-order chi connectivity index (χ0) is 36.7. The van der Waals surface area contributed by atoms with Gasteiger partial charge in [0.15, 0.2) is 5.82 Å². The van der Waals surface area contributed by atoms with E-state index in [9.17, 15) is 14.7 Å². The van der Waals surface area contributed by atoms with Crippen LogP contribution in [0.1, 0.15) is 118 Å². The van der Waals surface area contributed by atoms with Gasteiger partial charge in [-0.2, -0.15) is 0 Å². The van der Waals surface area contributed by atoms with Crippen LogP contribution in [0.4, 0.5) is 9.59 Å². The van der Waals surface area contributed by atoms with E-state index < -0.39 is 6.10 Å². The molecule has 3 aliphatic heterocycles. The fraction of sp³-hybridized carbons (Fsp3) is 0.902. The highest BCUT2D eigenvalue weighted by atomic mass is 16.6. The van der Waals surface area contributed by atoms with E-state index in [0.717, 1.165) is 69.7 Å². The van der Waals surface area contributed by atoms with Gasteiger partial charge in [-0.3, -0.25) is 4.90 Å².